The minimum absolute atomic E-state index is 0.0467. The van der Waals surface area contributed by atoms with E-state index in [4.69, 9.17) is 4.74 Å². The van der Waals surface area contributed by atoms with E-state index in [2.05, 4.69) is 23.1 Å². The number of hydrogen-bond donors (Lipinski definition) is 0. The van der Waals surface area contributed by atoms with Gasteiger partial charge in [0.15, 0.2) is 0 Å². The summed E-state index contributed by atoms with van der Waals surface area (Å²) in [6.07, 6.45) is 2.31. The third-order valence-electron chi connectivity index (χ3n) is 6.13. The molecule has 27 heavy (non-hydrogen) atoms. The third-order valence-corrected chi connectivity index (χ3v) is 6.13. The summed E-state index contributed by atoms with van der Waals surface area (Å²) in [6.45, 7) is 3.88. The largest absolute Gasteiger partial charge is 0.378 e. The number of benzene rings is 2. The zero-order chi connectivity index (χ0) is 18.4. The van der Waals surface area contributed by atoms with Gasteiger partial charge in [-0.15, -0.1) is 0 Å². The number of hydrogen-bond acceptors (Lipinski definition) is 3. The zero-order valence-electron chi connectivity index (χ0n) is 15.3. The van der Waals surface area contributed by atoms with Crippen LogP contribution in [-0.4, -0.2) is 38.8 Å². The number of amides is 1. The fraction of sp³-hybridized carbons (Fsp3) is 0.409. The van der Waals surface area contributed by atoms with E-state index in [1.807, 2.05) is 11.0 Å². The second kappa shape index (κ2) is 6.34. The van der Waals surface area contributed by atoms with Gasteiger partial charge in [-0.1, -0.05) is 24.3 Å². The van der Waals surface area contributed by atoms with Crippen molar-refractivity contribution < 1.29 is 13.9 Å². The van der Waals surface area contributed by atoms with Crippen molar-refractivity contribution in [2.45, 2.75) is 24.7 Å². The maximum atomic E-state index is 14.4. The highest BCUT2D eigenvalue weighted by Crippen LogP contribution is 2.51. The van der Waals surface area contributed by atoms with Crippen LogP contribution in [0.5, 0.6) is 0 Å². The first-order valence-corrected chi connectivity index (χ1v) is 9.72. The average molecular weight is 366 g/mol. The molecular weight excluding hydrogens is 343 g/mol. The Morgan fingerprint density at radius 3 is 2.56 bits per heavy atom. The lowest BCUT2D eigenvalue weighted by Crippen LogP contribution is -2.39. The smallest absolute Gasteiger partial charge is 0.237 e. The molecule has 2 aromatic carbocycles. The summed E-state index contributed by atoms with van der Waals surface area (Å²) in [6, 6.07) is 13.1. The van der Waals surface area contributed by atoms with Crippen molar-refractivity contribution in [3.8, 4) is 0 Å². The number of nitrogens with zero attached hydrogens (tertiary/aromatic N) is 2. The SMILES string of the molecule is O=C(N1CCc2ccc(N3CCOCC3)cc21)C1(c2ccccc2F)CC1. The molecular formula is C22H23FN2O2. The number of ether oxygens (including phenoxy) is 1. The van der Waals surface area contributed by atoms with Gasteiger partial charge in [0.25, 0.3) is 0 Å². The number of rotatable bonds is 3. The molecule has 1 amide bonds. The summed E-state index contributed by atoms with van der Waals surface area (Å²) in [7, 11) is 0. The van der Waals surface area contributed by atoms with Crippen LogP contribution in [0.15, 0.2) is 42.5 Å². The fourth-order valence-corrected chi connectivity index (χ4v) is 4.43. The summed E-state index contributed by atoms with van der Waals surface area (Å²) >= 11 is 0. The molecule has 5 heteroatoms. The first-order valence-electron chi connectivity index (χ1n) is 9.72. The van der Waals surface area contributed by atoms with Crippen molar-refractivity contribution in [1.29, 1.82) is 0 Å². The number of carbonyl (C=O) groups excluding carboxylic acids is 1. The van der Waals surface area contributed by atoms with Gasteiger partial charge < -0.3 is 14.5 Å². The molecule has 0 aromatic heterocycles. The Bertz CT molecular complexity index is 888. The molecule has 1 aliphatic carbocycles. The summed E-state index contributed by atoms with van der Waals surface area (Å²) < 4.78 is 19.8. The Balaban J connectivity index is 1.46. The van der Waals surface area contributed by atoms with E-state index in [9.17, 15) is 9.18 Å². The van der Waals surface area contributed by atoms with Crippen LogP contribution in [0.3, 0.4) is 0 Å². The lowest BCUT2D eigenvalue weighted by atomic mass is 9.93. The van der Waals surface area contributed by atoms with E-state index >= 15 is 0 Å². The molecule has 0 spiro atoms. The molecule has 1 saturated carbocycles. The minimum atomic E-state index is -0.679. The summed E-state index contributed by atoms with van der Waals surface area (Å²) in [5, 5.41) is 0. The van der Waals surface area contributed by atoms with Crippen LogP contribution in [-0.2, 0) is 21.4 Å². The highest BCUT2D eigenvalue weighted by molar-refractivity contribution is 6.05. The van der Waals surface area contributed by atoms with E-state index in [1.165, 1.54) is 11.6 Å². The molecule has 1 saturated heterocycles. The van der Waals surface area contributed by atoms with Gasteiger partial charge in [-0.3, -0.25) is 4.79 Å². The van der Waals surface area contributed by atoms with Crippen molar-refractivity contribution in [2.75, 3.05) is 42.6 Å². The minimum Gasteiger partial charge on any atom is -0.378 e. The number of fused-ring (bicyclic) bond motifs is 1. The Morgan fingerprint density at radius 2 is 1.81 bits per heavy atom. The predicted octanol–water partition coefficient (Wildman–Crippen LogP) is 3.28. The highest BCUT2D eigenvalue weighted by Gasteiger charge is 2.55. The summed E-state index contributed by atoms with van der Waals surface area (Å²) in [5.74, 6) is -0.227. The van der Waals surface area contributed by atoms with Crippen LogP contribution < -0.4 is 9.80 Å². The van der Waals surface area contributed by atoms with Gasteiger partial charge in [-0.05, 0) is 43.0 Å². The van der Waals surface area contributed by atoms with Crippen molar-refractivity contribution >= 4 is 17.3 Å². The predicted molar refractivity (Wildman–Crippen MR) is 103 cm³/mol. The molecule has 0 atom stereocenters. The molecule has 0 bridgehead atoms. The first kappa shape index (κ1) is 16.8. The van der Waals surface area contributed by atoms with E-state index < -0.39 is 5.41 Å². The third kappa shape index (κ3) is 2.72. The zero-order valence-corrected chi connectivity index (χ0v) is 15.3. The lowest BCUT2D eigenvalue weighted by Gasteiger charge is -2.30. The van der Waals surface area contributed by atoms with E-state index in [1.54, 1.807) is 12.1 Å². The maximum Gasteiger partial charge on any atom is 0.237 e. The van der Waals surface area contributed by atoms with Gasteiger partial charge in [0.05, 0.1) is 18.6 Å². The Labute approximate surface area is 158 Å². The first-order chi connectivity index (χ1) is 13.2. The Morgan fingerprint density at radius 1 is 1.04 bits per heavy atom. The second-order valence-corrected chi connectivity index (χ2v) is 7.68. The molecule has 140 valence electrons. The maximum absolute atomic E-state index is 14.4. The van der Waals surface area contributed by atoms with E-state index in [0.717, 1.165) is 56.9 Å². The summed E-state index contributed by atoms with van der Waals surface area (Å²) in [5.41, 5.74) is 3.19. The molecule has 2 heterocycles. The van der Waals surface area contributed by atoms with Crippen molar-refractivity contribution in [3.05, 3.63) is 59.4 Å². The standard InChI is InChI=1S/C22H23FN2O2/c23-19-4-2-1-3-18(19)22(8-9-22)21(26)25-10-7-16-5-6-17(15-20(16)25)24-11-13-27-14-12-24/h1-6,15H,7-14H2. The van der Waals surface area contributed by atoms with Gasteiger partial charge in [-0.25, -0.2) is 4.39 Å². The summed E-state index contributed by atoms with van der Waals surface area (Å²) in [4.78, 5) is 17.6. The Hall–Kier alpha value is -2.40. The second-order valence-electron chi connectivity index (χ2n) is 7.68. The van der Waals surface area contributed by atoms with Crippen LogP contribution in [0.1, 0.15) is 24.0 Å². The lowest BCUT2D eigenvalue weighted by molar-refractivity contribution is -0.121. The van der Waals surface area contributed by atoms with Gasteiger partial charge in [0.1, 0.15) is 5.82 Å². The topological polar surface area (TPSA) is 32.8 Å². The molecule has 4 nitrogen and oxygen atoms in total. The van der Waals surface area contributed by atoms with Gasteiger partial charge in [0.2, 0.25) is 5.91 Å². The van der Waals surface area contributed by atoms with Crippen molar-refractivity contribution in [3.63, 3.8) is 0 Å². The van der Waals surface area contributed by atoms with Gasteiger partial charge in [-0.2, -0.15) is 0 Å². The average Bonchev–Trinajstić information content (AvgIpc) is 3.41. The van der Waals surface area contributed by atoms with Crippen LogP contribution in [0, 0.1) is 5.82 Å². The normalized spacial score (nSPS) is 20.5. The monoisotopic (exact) mass is 366 g/mol. The number of carbonyl (C=O) groups is 1. The van der Waals surface area contributed by atoms with Crippen LogP contribution in [0.2, 0.25) is 0 Å². The molecule has 0 radical (unpaired) electrons. The number of morpholine rings is 1. The number of anilines is 2. The van der Waals surface area contributed by atoms with Crippen LogP contribution in [0.25, 0.3) is 0 Å². The van der Waals surface area contributed by atoms with E-state index in [0.29, 0.717) is 12.1 Å². The van der Waals surface area contributed by atoms with Gasteiger partial charge >= 0.3 is 0 Å². The van der Waals surface area contributed by atoms with Crippen LogP contribution in [0.4, 0.5) is 15.8 Å². The van der Waals surface area contributed by atoms with Crippen molar-refractivity contribution in [2.24, 2.45) is 0 Å². The molecule has 0 N–H and O–H groups in total. The molecule has 2 aliphatic heterocycles. The van der Waals surface area contributed by atoms with E-state index in [-0.39, 0.29) is 11.7 Å². The van der Waals surface area contributed by atoms with Gasteiger partial charge in [0, 0.05) is 36.6 Å². The number of halogens is 1. The molecule has 0 unspecified atom stereocenters. The molecule has 2 fully saturated rings. The highest BCUT2D eigenvalue weighted by atomic mass is 19.1. The molecule has 2 aromatic rings. The molecule has 5 rings (SSSR count). The fourth-order valence-electron chi connectivity index (χ4n) is 4.43. The van der Waals surface area contributed by atoms with Crippen LogP contribution >= 0.6 is 0 Å². The molecule has 3 aliphatic rings. The Kier molecular flexibility index (Phi) is 3.93. The quantitative estimate of drug-likeness (QED) is 0.836. The van der Waals surface area contributed by atoms with Crippen molar-refractivity contribution in [1.82, 2.24) is 0 Å².